The van der Waals surface area contributed by atoms with E-state index in [1.54, 1.807) is 0 Å². The third kappa shape index (κ3) is 1.29. The van der Waals surface area contributed by atoms with Crippen LogP contribution in [-0.4, -0.2) is 10.2 Å². The quantitative estimate of drug-likeness (QED) is 0.537. The Balaban J connectivity index is 3.04. The van der Waals surface area contributed by atoms with Crippen LogP contribution in [0.1, 0.15) is 0 Å². The number of pyridine rings is 1. The molecular formula is C5H6ClN3O. The summed E-state index contributed by atoms with van der Waals surface area (Å²) in [6.45, 7) is 0. The molecule has 0 bridgehead atoms. The first kappa shape index (κ1) is 7.11. The molecule has 0 unspecified atom stereocenters. The predicted octanol–water partition coefficient (Wildman–Crippen LogP) is 1.12. The van der Waals surface area contributed by atoms with Crippen LogP contribution < -0.4 is 11.2 Å². The lowest BCUT2D eigenvalue weighted by molar-refractivity contribution is 0.386. The van der Waals surface area contributed by atoms with E-state index in [1.165, 1.54) is 12.3 Å². The van der Waals surface area contributed by atoms with Crippen LogP contribution in [0.2, 0.25) is 5.02 Å². The van der Waals surface area contributed by atoms with Gasteiger partial charge in [-0.1, -0.05) is 11.6 Å². The van der Waals surface area contributed by atoms with Gasteiger partial charge in [-0.3, -0.25) is 10.7 Å². The van der Waals surface area contributed by atoms with E-state index in [9.17, 15) is 0 Å². The number of aromatic nitrogens is 1. The first-order valence-corrected chi connectivity index (χ1v) is 2.93. The highest BCUT2D eigenvalue weighted by molar-refractivity contribution is 6.32. The van der Waals surface area contributed by atoms with Crippen molar-refractivity contribution in [3.8, 4) is 0 Å². The summed E-state index contributed by atoms with van der Waals surface area (Å²) in [7, 11) is 0. The standard InChI is InChI=1S/C5H6ClN3O/c6-3-2-8-5(9-10)1-4(3)7/h1-2,10H,(H3,7,8,9). The number of nitrogen functional groups attached to an aromatic ring is 1. The first-order valence-electron chi connectivity index (χ1n) is 2.55. The van der Waals surface area contributed by atoms with Gasteiger partial charge in [0.15, 0.2) is 5.82 Å². The van der Waals surface area contributed by atoms with E-state index < -0.39 is 0 Å². The van der Waals surface area contributed by atoms with E-state index in [1.807, 2.05) is 5.48 Å². The maximum absolute atomic E-state index is 8.34. The molecule has 0 aliphatic rings. The fourth-order valence-electron chi connectivity index (χ4n) is 0.515. The summed E-state index contributed by atoms with van der Waals surface area (Å²) < 4.78 is 0. The highest BCUT2D eigenvalue weighted by atomic mass is 35.5. The van der Waals surface area contributed by atoms with Gasteiger partial charge in [0.1, 0.15) is 0 Å². The Hall–Kier alpha value is -1.00. The van der Waals surface area contributed by atoms with Gasteiger partial charge in [-0.25, -0.2) is 4.98 Å². The maximum atomic E-state index is 8.34. The van der Waals surface area contributed by atoms with Crippen LogP contribution in [-0.2, 0) is 0 Å². The first-order chi connectivity index (χ1) is 4.74. The Labute approximate surface area is 62.6 Å². The highest BCUT2D eigenvalue weighted by Gasteiger charge is 1.96. The normalized spacial score (nSPS) is 9.40. The van der Waals surface area contributed by atoms with E-state index in [0.29, 0.717) is 10.7 Å². The molecule has 1 heterocycles. The van der Waals surface area contributed by atoms with Crippen molar-refractivity contribution in [2.24, 2.45) is 0 Å². The molecule has 0 aliphatic heterocycles. The van der Waals surface area contributed by atoms with Gasteiger partial charge in [0, 0.05) is 6.07 Å². The second-order valence-corrected chi connectivity index (χ2v) is 2.11. The molecule has 0 aliphatic carbocycles. The van der Waals surface area contributed by atoms with Crippen LogP contribution in [0, 0.1) is 0 Å². The van der Waals surface area contributed by atoms with Crippen LogP contribution in [0.5, 0.6) is 0 Å². The number of rotatable bonds is 1. The molecule has 0 spiro atoms. The largest absolute Gasteiger partial charge is 0.397 e. The van der Waals surface area contributed by atoms with Gasteiger partial charge in [0.2, 0.25) is 0 Å². The molecule has 54 valence electrons. The van der Waals surface area contributed by atoms with E-state index in [2.05, 4.69) is 4.98 Å². The van der Waals surface area contributed by atoms with Crippen molar-refractivity contribution in [1.29, 1.82) is 0 Å². The Morgan fingerprint density at radius 3 is 2.90 bits per heavy atom. The second-order valence-electron chi connectivity index (χ2n) is 1.70. The molecule has 1 aromatic heterocycles. The number of halogens is 1. The van der Waals surface area contributed by atoms with E-state index in [4.69, 9.17) is 22.5 Å². The number of nitrogens with one attached hydrogen (secondary N) is 1. The zero-order valence-corrected chi connectivity index (χ0v) is 5.76. The maximum Gasteiger partial charge on any atom is 0.151 e. The fourth-order valence-corrected chi connectivity index (χ4v) is 0.619. The highest BCUT2D eigenvalue weighted by Crippen LogP contribution is 2.18. The second kappa shape index (κ2) is 2.72. The Morgan fingerprint density at radius 2 is 2.40 bits per heavy atom. The van der Waals surface area contributed by atoms with Crippen LogP contribution in [0.15, 0.2) is 12.3 Å². The van der Waals surface area contributed by atoms with Crippen molar-refractivity contribution in [1.82, 2.24) is 4.98 Å². The number of hydrogen-bond donors (Lipinski definition) is 3. The molecule has 1 rings (SSSR count). The fraction of sp³-hybridized carbons (Fsp3) is 0. The van der Waals surface area contributed by atoms with E-state index in [0.717, 1.165) is 0 Å². The molecule has 0 amide bonds. The van der Waals surface area contributed by atoms with Crippen LogP contribution >= 0.6 is 11.6 Å². The molecule has 0 aromatic carbocycles. The molecule has 0 atom stereocenters. The summed E-state index contributed by atoms with van der Waals surface area (Å²) in [5.41, 5.74) is 7.60. The zero-order chi connectivity index (χ0) is 7.56. The monoisotopic (exact) mass is 159 g/mol. The molecule has 10 heavy (non-hydrogen) atoms. The lowest BCUT2D eigenvalue weighted by Crippen LogP contribution is -1.95. The van der Waals surface area contributed by atoms with Crippen molar-refractivity contribution < 1.29 is 5.21 Å². The van der Waals surface area contributed by atoms with Crippen molar-refractivity contribution in [2.45, 2.75) is 0 Å². The number of anilines is 2. The van der Waals surface area contributed by atoms with Crippen LogP contribution in [0.4, 0.5) is 11.5 Å². The molecule has 0 saturated heterocycles. The van der Waals surface area contributed by atoms with Gasteiger partial charge in [0.25, 0.3) is 0 Å². The van der Waals surface area contributed by atoms with E-state index in [-0.39, 0.29) is 5.82 Å². The number of nitrogens with two attached hydrogens (primary N) is 1. The summed E-state index contributed by atoms with van der Waals surface area (Å²) >= 11 is 5.54. The summed E-state index contributed by atoms with van der Waals surface area (Å²) in [5.74, 6) is 0.280. The molecule has 4 N–H and O–H groups in total. The van der Waals surface area contributed by atoms with Gasteiger partial charge < -0.3 is 5.73 Å². The molecule has 1 aromatic rings. The lowest BCUT2D eigenvalue weighted by atomic mass is 10.4. The van der Waals surface area contributed by atoms with Crippen molar-refractivity contribution in [2.75, 3.05) is 11.2 Å². The van der Waals surface area contributed by atoms with Gasteiger partial charge in [-0.2, -0.15) is 0 Å². The van der Waals surface area contributed by atoms with Crippen molar-refractivity contribution >= 4 is 23.1 Å². The lowest BCUT2D eigenvalue weighted by Gasteiger charge is -1.99. The van der Waals surface area contributed by atoms with Gasteiger partial charge in [-0.05, 0) is 0 Å². The number of hydrogen-bond acceptors (Lipinski definition) is 4. The Bertz CT molecular complexity index is 240. The average molecular weight is 160 g/mol. The average Bonchev–Trinajstić information content (AvgIpc) is 1.95. The summed E-state index contributed by atoms with van der Waals surface area (Å²) in [6, 6.07) is 1.43. The van der Waals surface area contributed by atoms with Crippen molar-refractivity contribution in [3.63, 3.8) is 0 Å². The predicted molar refractivity (Wildman–Crippen MR) is 39.1 cm³/mol. The van der Waals surface area contributed by atoms with Gasteiger partial charge >= 0.3 is 0 Å². The van der Waals surface area contributed by atoms with Gasteiger partial charge in [-0.15, -0.1) is 0 Å². The zero-order valence-electron chi connectivity index (χ0n) is 5.00. The third-order valence-corrected chi connectivity index (χ3v) is 1.32. The molecular weight excluding hydrogens is 154 g/mol. The molecule has 0 radical (unpaired) electrons. The molecule has 4 nitrogen and oxygen atoms in total. The third-order valence-electron chi connectivity index (χ3n) is 1.000. The van der Waals surface area contributed by atoms with Crippen LogP contribution in [0.3, 0.4) is 0 Å². The minimum atomic E-state index is 0.280. The summed E-state index contributed by atoms with van der Waals surface area (Å²) in [6.07, 6.45) is 1.36. The molecule has 0 fully saturated rings. The topological polar surface area (TPSA) is 71.2 Å². The number of nitrogens with zero attached hydrogens (tertiary/aromatic N) is 1. The minimum Gasteiger partial charge on any atom is -0.397 e. The van der Waals surface area contributed by atoms with E-state index >= 15 is 0 Å². The molecule has 0 saturated carbocycles. The SMILES string of the molecule is Nc1cc(NO)ncc1Cl. The smallest absolute Gasteiger partial charge is 0.151 e. The summed E-state index contributed by atoms with van der Waals surface area (Å²) in [5, 5.41) is 8.72. The van der Waals surface area contributed by atoms with Crippen molar-refractivity contribution in [3.05, 3.63) is 17.3 Å². The van der Waals surface area contributed by atoms with Gasteiger partial charge in [0.05, 0.1) is 16.9 Å². The Morgan fingerprint density at radius 1 is 1.70 bits per heavy atom. The Kier molecular flexibility index (Phi) is 1.94. The minimum absolute atomic E-state index is 0.280. The summed E-state index contributed by atoms with van der Waals surface area (Å²) in [4.78, 5) is 3.68. The van der Waals surface area contributed by atoms with Crippen LogP contribution in [0.25, 0.3) is 0 Å². The molecule has 5 heteroatoms.